The van der Waals surface area contributed by atoms with Crippen molar-refractivity contribution in [3.05, 3.63) is 64.4 Å². The molecular weight excluding hydrogens is 408 g/mol. The lowest BCUT2D eigenvalue weighted by atomic mass is 10.1. The topological polar surface area (TPSA) is 95.1 Å². The smallest absolute Gasteiger partial charge is 0.262 e. The lowest BCUT2D eigenvalue weighted by Crippen LogP contribution is -2.24. The van der Waals surface area contributed by atoms with Crippen molar-refractivity contribution in [2.45, 2.75) is 29.4 Å². The molecule has 1 heterocycles. The third kappa shape index (κ3) is 4.75. The van der Waals surface area contributed by atoms with E-state index in [2.05, 4.69) is 4.98 Å². The van der Waals surface area contributed by atoms with E-state index in [0.717, 1.165) is 17.3 Å². The van der Waals surface area contributed by atoms with Gasteiger partial charge in [-0.1, -0.05) is 36.0 Å². The molecule has 0 aliphatic rings. The fourth-order valence-corrected chi connectivity index (χ4v) is 3.96. The maximum Gasteiger partial charge on any atom is 0.262 e. The maximum absolute atomic E-state index is 12.8. The Hall–Kier alpha value is -2.30. The second-order valence-corrected chi connectivity index (χ2v) is 8.56. The van der Waals surface area contributed by atoms with Gasteiger partial charge < -0.3 is 0 Å². The number of halogens is 2. The molecule has 3 aromatic rings. The fourth-order valence-electron chi connectivity index (χ4n) is 2.68. The van der Waals surface area contributed by atoms with Gasteiger partial charge in [0.05, 0.1) is 21.6 Å². The number of thioether (sulfide) groups is 1. The van der Waals surface area contributed by atoms with Crippen molar-refractivity contribution in [2.24, 2.45) is 5.14 Å². The Labute approximate surface area is 164 Å². The predicted octanol–water partition coefficient (Wildman–Crippen LogP) is 2.64. The van der Waals surface area contributed by atoms with Gasteiger partial charge in [0, 0.05) is 6.54 Å². The summed E-state index contributed by atoms with van der Waals surface area (Å²) in [6.07, 6.45) is -2.12. The number of benzene rings is 2. The highest BCUT2D eigenvalue weighted by Crippen LogP contribution is 2.20. The molecule has 0 spiro atoms. The van der Waals surface area contributed by atoms with E-state index < -0.39 is 22.2 Å². The van der Waals surface area contributed by atoms with Gasteiger partial charge in [0.25, 0.3) is 5.56 Å². The molecular formula is C18H17F2N3O3S2. The van der Waals surface area contributed by atoms with Gasteiger partial charge >= 0.3 is 0 Å². The lowest BCUT2D eigenvalue weighted by molar-refractivity contribution is 0.176. The number of alkyl halides is 2. The molecule has 2 N–H and O–H groups in total. The molecule has 0 bridgehead atoms. The zero-order valence-electron chi connectivity index (χ0n) is 14.6. The molecule has 0 aliphatic carbocycles. The largest absolute Gasteiger partial charge is 0.287 e. The number of rotatable bonds is 7. The summed E-state index contributed by atoms with van der Waals surface area (Å²) < 4.78 is 49.3. The van der Waals surface area contributed by atoms with E-state index in [9.17, 15) is 22.0 Å². The van der Waals surface area contributed by atoms with Crippen molar-refractivity contribution in [1.82, 2.24) is 9.55 Å². The van der Waals surface area contributed by atoms with Gasteiger partial charge in [-0.05, 0) is 36.2 Å². The number of nitrogens with zero attached hydrogens (tertiary/aromatic N) is 2. The summed E-state index contributed by atoms with van der Waals surface area (Å²) in [6.45, 7) is 0.219. The molecule has 0 saturated carbocycles. The summed E-state index contributed by atoms with van der Waals surface area (Å²) in [5, 5.41) is 5.71. The minimum Gasteiger partial charge on any atom is -0.287 e. The average molecular weight is 425 g/mol. The molecule has 2 aromatic carbocycles. The van der Waals surface area contributed by atoms with Crippen molar-refractivity contribution in [1.29, 1.82) is 0 Å². The van der Waals surface area contributed by atoms with Crippen LogP contribution in [-0.4, -0.2) is 30.1 Å². The highest BCUT2D eigenvalue weighted by atomic mass is 32.2. The molecule has 0 aliphatic heterocycles. The van der Waals surface area contributed by atoms with Crippen LogP contribution in [0.5, 0.6) is 0 Å². The maximum atomic E-state index is 12.8. The van der Waals surface area contributed by atoms with Crippen LogP contribution in [-0.2, 0) is 23.0 Å². The van der Waals surface area contributed by atoms with Crippen molar-refractivity contribution in [3.63, 3.8) is 0 Å². The molecule has 148 valence electrons. The van der Waals surface area contributed by atoms with E-state index in [4.69, 9.17) is 5.14 Å². The van der Waals surface area contributed by atoms with Gasteiger partial charge in [-0.15, -0.1) is 0 Å². The molecule has 1 aromatic heterocycles. The highest BCUT2D eigenvalue weighted by molar-refractivity contribution is 7.99. The second kappa shape index (κ2) is 8.38. The average Bonchev–Trinajstić information content (AvgIpc) is 2.65. The molecule has 3 rings (SSSR count). The summed E-state index contributed by atoms with van der Waals surface area (Å²) in [7, 11) is -3.78. The second-order valence-electron chi connectivity index (χ2n) is 6.01. The minimum absolute atomic E-state index is 0.00559. The molecule has 0 atom stereocenters. The van der Waals surface area contributed by atoms with E-state index in [1.807, 2.05) is 0 Å². The van der Waals surface area contributed by atoms with Crippen LogP contribution >= 0.6 is 11.8 Å². The van der Waals surface area contributed by atoms with E-state index >= 15 is 0 Å². The molecule has 0 unspecified atom stereocenters. The monoisotopic (exact) mass is 425 g/mol. The SMILES string of the molecule is NS(=O)(=O)c1ccc(CCn2c(SCC(F)F)nc3ccccc3c2=O)cc1. The summed E-state index contributed by atoms with van der Waals surface area (Å²) in [5.74, 6) is -0.464. The molecule has 0 saturated heterocycles. The number of fused-ring (bicyclic) bond motifs is 1. The van der Waals surface area contributed by atoms with Gasteiger partial charge in [0.2, 0.25) is 16.4 Å². The molecule has 10 heteroatoms. The van der Waals surface area contributed by atoms with E-state index in [1.165, 1.54) is 16.7 Å². The van der Waals surface area contributed by atoms with Crippen LogP contribution in [0.4, 0.5) is 8.78 Å². The normalized spacial score (nSPS) is 12.0. The number of sulfonamides is 1. The number of aryl methyl sites for hydroxylation is 1. The van der Waals surface area contributed by atoms with Gasteiger partial charge in [0.1, 0.15) is 0 Å². The van der Waals surface area contributed by atoms with Crippen molar-refractivity contribution >= 4 is 32.7 Å². The van der Waals surface area contributed by atoms with Crippen LogP contribution in [0.15, 0.2) is 63.4 Å². The summed E-state index contributed by atoms with van der Waals surface area (Å²) in [4.78, 5) is 17.2. The van der Waals surface area contributed by atoms with Crippen molar-refractivity contribution in [2.75, 3.05) is 5.75 Å². The van der Waals surface area contributed by atoms with Gasteiger partial charge in [-0.2, -0.15) is 0 Å². The Morgan fingerprint density at radius 2 is 1.79 bits per heavy atom. The summed E-state index contributed by atoms with van der Waals surface area (Å²) in [5.41, 5.74) is 0.929. The first-order chi connectivity index (χ1) is 13.3. The highest BCUT2D eigenvalue weighted by Gasteiger charge is 2.14. The fraction of sp³-hybridized carbons (Fsp3) is 0.222. The Bertz CT molecular complexity index is 1150. The standard InChI is InChI=1S/C18H17F2N3O3S2/c19-16(20)11-27-18-22-15-4-2-1-3-14(15)17(24)23(18)10-9-12-5-7-13(8-6-12)28(21,25)26/h1-8,16H,9-11H2,(H2,21,25,26). The van der Waals surface area contributed by atoms with Crippen LogP contribution in [0.25, 0.3) is 10.9 Å². The number of hydrogen-bond donors (Lipinski definition) is 1. The van der Waals surface area contributed by atoms with Crippen molar-refractivity contribution < 1.29 is 17.2 Å². The predicted molar refractivity (Wildman–Crippen MR) is 104 cm³/mol. The molecule has 0 amide bonds. The number of primary sulfonamides is 1. The summed E-state index contributed by atoms with van der Waals surface area (Å²) in [6, 6.07) is 12.7. The molecule has 0 radical (unpaired) electrons. The third-order valence-electron chi connectivity index (χ3n) is 4.04. The molecule has 0 fully saturated rings. The Morgan fingerprint density at radius 3 is 2.43 bits per heavy atom. The number of para-hydroxylation sites is 1. The Morgan fingerprint density at radius 1 is 1.11 bits per heavy atom. The Balaban J connectivity index is 1.91. The molecule has 6 nitrogen and oxygen atoms in total. The number of nitrogens with two attached hydrogens (primary N) is 1. The van der Waals surface area contributed by atoms with Gasteiger partial charge in [-0.3, -0.25) is 9.36 Å². The van der Waals surface area contributed by atoms with Crippen LogP contribution in [0.1, 0.15) is 5.56 Å². The van der Waals surface area contributed by atoms with Crippen LogP contribution < -0.4 is 10.7 Å². The van der Waals surface area contributed by atoms with Crippen LogP contribution in [0.3, 0.4) is 0 Å². The zero-order chi connectivity index (χ0) is 20.3. The first-order valence-corrected chi connectivity index (χ1v) is 10.8. The zero-order valence-corrected chi connectivity index (χ0v) is 16.2. The van der Waals surface area contributed by atoms with Crippen LogP contribution in [0, 0.1) is 0 Å². The summed E-state index contributed by atoms with van der Waals surface area (Å²) >= 11 is 0.831. The van der Waals surface area contributed by atoms with Crippen LogP contribution in [0.2, 0.25) is 0 Å². The number of hydrogen-bond acceptors (Lipinski definition) is 5. The van der Waals surface area contributed by atoms with E-state index in [1.54, 1.807) is 36.4 Å². The molecule has 28 heavy (non-hydrogen) atoms. The first kappa shape index (κ1) is 20.4. The lowest BCUT2D eigenvalue weighted by Gasteiger charge is -2.13. The minimum atomic E-state index is -3.78. The van der Waals surface area contributed by atoms with E-state index in [-0.39, 0.29) is 22.2 Å². The van der Waals surface area contributed by atoms with Gasteiger partial charge in [0.15, 0.2) is 5.16 Å². The first-order valence-electron chi connectivity index (χ1n) is 8.28. The number of aromatic nitrogens is 2. The third-order valence-corrected chi connectivity index (χ3v) is 5.96. The van der Waals surface area contributed by atoms with Crippen molar-refractivity contribution in [3.8, 4) is 0 Å². The Kier molecular flexibility index (Phi) is 6.11. The van der Waals surface area contributed by atoms with E-state index in [0.29, 0.717) is 17.3 Å². The quantitative estimate of drug-likeness (QED) is 0.464. The van der Waals surface area contributed by atoms with Gasteiger partial charge in [-0.25, -0.2) is 27.3 Å².